The van der Waals surface area contributed by atoms with Crippen LogP contribution in [0.15, 0.2) is 0 Å². The standard InChI is InChI=1S/C10H16O3/c1-9(2)7(8(11)12)10(9,3)13-6-4-5-6/h6-7H,4-5H2,1-3H3,(H,11,12). The summed E-state index contributed by atoms with van der Waals surface area (Å²) in [6.45, 7) is 5.85. The number of carbonyl (C=O) groups is 1. The van der Waals surface area contributed by atoms with E-state index < -0.39 is 11.6 Å². The van der Waals surface area contributed by atoms with Gasteiger partial charge in [-0.25, -0.2) is 0 Å². The minimum atomic E-state index is -0.729. The zero-order valence-electron chi connectivity index (χ0n) is 8.33. The minimum absolute atomic E-state index is 0.207. The van der Waals surface area contributed by atoms with Crippen LogP contribution < -0.4 is 0 Å². The molecular formula is C10H16O3. The van der Waals surface area contributed by atoms with E-state index in [9.17, 15) is 4.79 Å². The fraction of sp³-hybridized carbons (Fsp3) is 0.900. The molecule has 2 saturated carbocycles. The van der Waals surface area contributed by atoms with E-state index >= 15 is 0 Å². The fourth-order valence-electron chi connectivity index (χ4n) is 2.24. The van der Waals surface area contributed by atoms with Crippen LogP contribution in [0.4, 0.5) is 0 Å². The maximum atomic E-state index is 10.9. The van der Waals surface area contributed by atoms with Crippen molar-refractivity contribution in [1.29, 1.82) is 0 Å². The molecule has 0 aromatic rings. The van der Waals surface area contributed by atoms with Gasteiger partial charge in [-0.05, 0) is 19.8 Å². The molecule has 2 aliphatic rings. The van der Waals surface area contributed by atoms with E-state index in [0.29, 0.717) is 6.10 Å². The van der Waals surface area contributed by atoms with Gasteiger partial charge in [-0.2, -0.15) is 0 Å². The monoisotopic (exact) mass is 184 g/mol. The summed E-state index contributed by atoms with van der Waals surface area (Å²) in [6, 6.07) is 0. The van der Waals surface area contributed by atoms with Crippen LogP contribution in [0.1, 0.15) is 33.6 Å². The summed E-state index contributed by atoms with van der Waals surface area (Å²) in [6.07, 6.45) is 2.52. The zero-order chi connectivity index (χ0) is 9.85. The van der Waals surface area contributed by atoms with Crippen molar-refractivity contribution < 1.29 is 14.6 Å². The molecule has 2 aliphatic carbocycles. The number of ether oxygens (including phenoxy) is 1. The molecule has 3 nitrogen and oxygen atoms in total. The van der Waals surface area contributed by atoms with E-state index in [1.54, 1.807) is 0 Å². The highest BCUT2D eigenvalue weighted by molar-refractivity contribution is 5.78. The second-order valence-electron chi connectivity index (χ2n) is 4.92. The lowest BCUT2D eigenvalue weighted by Crippen LogP contribution is -2.20. The first-order valence-electron chi connectivity index (χ1n) is 4.80. The minimum Gasteiger partial charge on any atom is -0.481 e. The second-order valence-corrected chi connectivity index (χ2v) is 4.92. The van der Waals surface area contributed by atoms with Crippen molar-refractivity contribution in [3.8, 4) is 0 Å². The van der Waals surface area contributed by atoms with Crippen LogP contribution >= 0.6 is 0 Å². The molecule has 2 fully saturated rings. The molecule has 13 heavy (non-hydrogen) atoms. The third-order valence-corrected chi connectivity index (χ3v) is 3.65. The molecule has 2 atom stereocenters. The van der Waals surface area contributed by atoms with Crippen molar-refractivity contribution in [2.75, 3.05) is 0 Å². The highest BCUT2D eigenvalue weighted by Crippen LogP contribution is 2.65. The van der Waals surface area contributed by atoms with Crippen LogP contribution in [0, 0.1) is 11.3 Å². The molecule has 0 amide bonds. The SMILES string of the molecule is CC1(C)C(C(=O)O)C1(C)OC1CC1. The average Bonchev–Trinajstić information content (AvgIpc) is 2.75. The molecular weight excluding hydrogens is 168 g/mol. The maximum absolute atomic E-state index is 10.9. The Kier molecular flexibility index (Phi) is 1.57. The first-order chi connectivity index (χ1) is 5.89. The summed E-state index contributed by atoms with van der Waals surface area (Å²) in [5.74, 6) is -1.06. The lowest BCUT2D eigenvalue weighted by Gasteiger charge is -2.14. The number of aliphatic carboxylic acids is 1. The van der Waals surface area contributed by atoms with Crippen molar-refractivity contribution in [1.82, 2.24) is 0 Å². The summed E-state index contributed by atoms with van der Waals surface area (Å²) < 4.78 is 5.77. The van der Waals surface area contributed by atoms with Crippen molar-refractivity contribution in [3.05, 3.63) is 0 Å². The zero-order valence-corrected chi connectivity index (χ0v) is 8.33. The van der Waals surface area contributed by atoms with E-state index in [-0.39, 0.29) is 11.3 Å². The Morgan fingerprint density at radius 2 is 1.92 bits per heavy atom. The van der Waals surface area contributed by atoms with Gasteiger partial charge in [0.1, 0.15) is 0 Å². The molecule has 0 aromatic heterocycles. The van der Waals surface area contributed by atoms with Gasteiger partial charge in [0.15, 0.2) is 0 Å². The Morgan fingerprint density at radius 1 is 1.38 bits per heavy atom. The predicted molar refractivity (Wildman–Crippen MR) is 47.4 cm³/mol. The van der Waals surface area contributed by atoms with Crippen molar-refractivity contribution in [3.63, 3.8) is 0 Å². The molecule has 2 unspecified atom stereocenters. The van der Waals surface area contributed by atoms with Gasteiger partial charge in [0, 0.05) is 5.41 Å². The van der Waals surface area contributed by atoms with E-state index in [1.165, 1.54) is 0 Å². The van der Waals surface area contributed by atoms with Gasteiger partial charge in [-0.15, -0.1) is 0 Å². The third-order valence-electron chi connectivity index (χ3n) is 3.65. The van der Waals surface area contributed by atoms with Crippen LogP contribution in [0.25, 0.3) is 0 Å². The van der Waals surface area contributed by atoms with E-state index in [4.69, 9.17) is 9.84 Å². The van der Waals surface area contributed by atoms with Crippen LogP contribution in [-0.2, 0) is 9.53 Å². The number of carboxylic acids is 1. The molecule has 0 bridgehead atoms. The summed E-state index contributed by atoms with van der Waals surface area (Å²) in [7, 11) is 0. The molecule has 0 heterocycles. The van der Waals surface area contributed by atoms with Gasteiger partial charge in [-0.3, -0.25) is 4.79 Å². The van der Waals surface area contributed by atoms with Crippen LogP contribution in [0.3, 0.4) is 0 Å². The second kappa shape index (κ2) is 2.27. The van der Waals surface area contributed by atoms with Crippen LogP contribution in [0.2, 0.25) is 0 Å². The Hall–Kier alpha value is -0.570. The molecule has 2 rings (SSSR count). The summed E-state index contributed by atoms with van der Waals surface area (Å²) >= 11 is 0. The van der Waals surface area contributed by atoms with Gasteiger partial charge in [0.25, 0.3) is 0 Å². The highest BCUT2D eigenvalue weighted by atomic mass is 16.5. The normalized spacial score (nSPS) is 41.6. The van der Waals surface area contributed by atoms with Crippen LogP contribution in [0.5, 0.6) is 0 Å². The fourth-order valence-corrected chi connectivity index (χ4v) is 2.24. The van der Waals surface area contributed by atoms with Crippen molar-refractivity contribution in [2.24, 2.45) is 11.3 Å². The summed E-state index contributed by atoms with van der Waals surface area (Å²) in [5.41, 5.74) is -0.637. The topological polar surface area (TPSA) is 46.5 Å². The third kappa shape index (κ3) is 1.10. The van der Waals surface area contributed by atoms with Gasteiger partial charge < -0.3 is 9.84 Å². The van der Waals surface area contributed by atoms with Crippen LogP contribution in [-0.4, -0.2) is 22.8 Å². The lowest BCUT2D eigenvalue weighted by molar-refractivity contribution is -0.141. The predicted octanol–water partition coefficient (Wildman–Crippen LogP) is 1.66. The Balaban J connectivity index is 2.10. The molecule has 74 valence electrons. The Labute approximate surface area is 78.1 Å². The molecule has 0 aliphatic heterocycles. The average molecular weight is 184 g/mol. The van der Waals surface area contributed by atoms with Crippen molar-refractivity contribution >= 4 is 5.97 Å². The van der Waals surface area contributed by atoms with Gasteiger partial charge in [0.05, 0.1) is 17.6 Å². The number of carboxylic acid groups (broad SMARTS) is 1. The number of hydrogen-bond donors (Lipinski definition) is 1. The van der Waals surface area contributed by atoms with E-state index in [2.05, 4.69) is 0 Å². The first-order valence-corrected chi connectivity index (χ1v) is 4.80. The number of hydrogen-bond acceptors (Lipinski definition) is 2. The largest absolute Gasteiger partial charge is 0.481 e. The maximum Gasteiger partial charge on any atom is 0.310 e. The van der Waals surface area contributed by atoms with E-state index in [0.717, 1.165) is 12.8 Å². The molecule has 0 aromatic carbocycles. The molecule has 3 heteroatoms. The van der Waals surface area contributed by atoms with Gasteiger partial charge in [-0.1, -0.05) is 13.8 Å². The molecule has 0 saturated heterocycles. The molecule has 1 N–H and O–H groups in total. The summed E-state index contributed by atoms with van der Waals surface area (Å²) in [4.78, 5) is 10.9. The Bertz CT molecular complexity index is 255. The first kappa shape index (κ1) is 9.00. The number of rotatable bonds is 3. The lowest BCUT2D eigenvalue weighted by atomic mass is 10.1. The molecule has 0 spiro atoms. The molecule has 0 radical (unpaired) electrons. The van der Waals surface area contributed by atoms with E-state index in [1.807, 2.05) is 20.8 Å². The van der Waals surface area contributed by atoms with Gasteiger partial charge >= 0.3 is 5.97 Å². The van der Waals surface area contributed by atoms with Gasteiger partial charge in [0.2, 0.25) is 0 Å². The Morgan fingerprint density at radius 3 is 2.23 bits per heavy atom. The summed E-state index contributed by atoms with van der Waals surface area (Å²) in [5, 5.41) is 8.98. The highest BCUT2D eigenvalue weighted by Gasteiger charge is 2.74. The quantitative estimate of drug-likeness (QED) is 0.725. The van der Waals surface area contributed by atoms with Crippen molar-refractivity contribution in [2.45, 2.75) is 45.3 Å². The smallest absolute Gasteiger partial charge is 0.310 e.